The summed E-state index contributed by atoms with van der Waals surface area (Å²) < 4.78 is 19.4. The van der Waals surface area contributed by atoms with Crippen molar-refractivity contribution < 1.29 is 9.13 Å². The minimum absolute atomic E-state index is 0.226. The van der Waals surface area contributed by atoms with Gasteiger partial charge < -0.3 is 15.4 Å². The van der Waals surface area contributed by atoms with Crippen LogP contribution in [0.2, 0.25) is 0 Å². The highest BCUT2D eigenvalue weighted by atomic mass is 127. The lowest BCUT2D eigenvalue weighted by molar-refractivity contribution is 0.193. The number of hydrogen-bond acceptors (Lipinski definition) is 3. The monoisotopic (exact) mass is 336 g/mol. The van der Waals surface area contributed by atoms with Gasteiger partial charge >= 0.3 is 0 Å². The summed E-state index contributed by atoms with van der Waals surface area (Å²) in [6, 6.07) is 3.45. The average molecular weight is 336 g/mol. The summed E-state index contributed by atoms with van der Waals surface area (Å²) in [6.07, 6.45) is 0.962. The molecule has 1 aliphatic heterocycles. The number of nitrogens with two attached hydrogens (primary N) is 1. The third kappa shape index (κ3) is 2.24. The Hall–Kier alpha value is -0.560. The van der Waals surface area contributed by atoms with Gasteiger partial charge in [0.2, 0.25) is 0 Å². The lowest BCUT2D eigenvalue weighted by Crippen LogP contribution is -2.32. The number of nitrogen functional groups attached to an aromatic ring is 1. The van der Waals surface area contributed by atoms with Gasteiger partial charge in [0.05, 0.1) is 27.6 Å². The van der Waals surface area contributed by atoms with Gasteiger partial charge in [0.15, 0.2) is 0 Å². The summed E-state index contributed by atoms with van der Waals surface area (Å²) in [5, 5.41) is 0. The lowest BCUT2D eigenvalue weighted by Gasteiger charge is -2.26. The van der Waals surface area contributed by atoms with Crippen LogP contribution in [-0.2, 0) is 4.74 Å². The molecule has 88 valence electrons. The minimum Gasteiger partial charge on any atom is -0.397 e. The molecule has 0 bridgehead atoms. The number of benzene rings is 1. The quantitative estimate of drug-likeness (QED) is 0.665. The van der Waals surface area contributed by atoms with Crippen LogP contribution < -0.4 is 10.6 Å². The highest BCUT2D eigenvalue weighted by Crippen LogP contribution is 2.29. The third-order valence-corrected chi connectivity index (χ3v) is 3.73. The first-order chi connectivity index (χ1) is 7.59. The van der Waals surface area contributed by atoms with Gasteiger partial charge in [-0.05, 0) is 35.1 Å². The number of rotatable bonds is 2. The van der Waals surface area contributed by atoms with Gasteiger partial charge in [0.25, 0.3) is 0 Å². The summed E-state index contributed by atoms with van der Waals surface area (Å²) in [6.45, 7) is 1.45. The predicted molar refractivity (Wildman–Crippen MR) is 71.2 cm³/mol. The first-order valence-electron chi connectivity index (χ1n) is 5.14. The van der Waals surface area contributed by atoms with E-state index < -0.39 is 0 Å². The van der Waals surface area contributed by atoms with Crippen molar-refractivity contribution in [1.29, 1.82) is 0 Å². The maximum absolute atomic E-state index is 13.5. The Labute approximate surface area is 108 Å². The third-order valence-electron chi connectivity index (χ3n) is 2.90. The first-order valence-corrected chi connectivity index (χ1v) is 6.22. The largest absolute Gasteiger partial charge is 0.397 e. The SMILES string of the molecule is CN(c1cc(F)c(I)cc1N)C1CCOC1. The molecule has 1 heterocycles. The van der Waals surface area contributed by atoms with Gasteiger partial charge in [0.1, 0.15) is 5.82 Å². The van der Waals surface area contributed by atoms with Crippen LogP contribution in [0.25, 0.3) is 0 Å². The number of ether oxygens (including phenoxy) is 1. The molecule has 2 N–H and O–H groups in total. The molecule has 0 aliphatic carbocycles. The maximum atomic E-state index is 13.5. The molecule has 0 aromatic heterocycles. The standard InChI is InChI=1S/C11H14FIN2O/c1-15(7-2-3-16-6-7)11-4-8(12)9(13)5-10(11)14/h4-5,7H,2-3,6,14H2,1H3. The smallest absolute Gasteiger partial charge is 0.138 e. The summed E-state index contributed by atoms with van der Waals surface area (Å²) in [7, 11) is 1.93. The van der Waals surface area contributed by atoms with E-state index in [1.54, 1.807) is 6.07 Å². The van der Waals surface area contributed by atoms with Crippen LogP contribution in [-0.4, -0.2) is 26.3 Å². The van der Waals surface area contributed by atoms with E-state index in [-0.39, 0.29) is 5.82 Å². The van der Waals surface area contributed by atoms with Crippen molar-refractivity contribution in [3.05, 3.63) is 21.5 Å². The van der Waals surface area contributed by atoms with Gasteiger partial charge in [-0.3, -0.25) is 0 Å². The van der Waals surface area contributed by atoms with Crippen molar-refractivity contribution in [1.82, 2.24) is 0 Å². The molecule has 1 unspecified atom stereocenters. The van der Waals surface area contributed by atoms with Crippen LogP contribution in [0.1, 0.15) is 6.42 Å². The molecule has 1 saturated heterocycles. The van der Waals surface area contributed by atoms with E-state index in [1.807, 2.05) is 34.5 Å². The second kappa shape index (κ2) is 4.75. The molecular formula is C11H14FIN2O. The van der Waals surface area contributed by atoms with Crippen molar-refractivity contribution in [3.8, 4) is 0 Å². The Bertz CT molecular complexity index is 394. The molecule has 0 spiro atoms. The first kappa shape index (κ1) is 11.9. The molecule has 0 amide bonds. The molecule has 1 atom stereocenters. The van der Waals surface area contributed by atoms with Gasteiger partial charge in [-0.2, -0.15) is 0 Å². The molecule has 2 rings (SSSR count). The van der Waals surface area contributed by atoms with Crippen molar-refractivity contribution in [2.45, 2.75) is 12.5 Å². The fourth-order valence-electron chi connectivity index (χ4n) is 1.88. The topological polar surface area (TPSA) is 38.5 Å². The molecule has 1 aliphatic rings. The highest BCUT2D eigenvalue weighted by Gasteiger charge is 2.22. The zero-order valence-electron chi connectivity index (χ0n) is 9.04. The van der Waals surface area contributed by atoms with Crippen LogP contribution in [0, 0.1) is 9.39 Å². The molecule has 5 heteroatoms. The molecule has 1 aromatic rings. The summed E-state index contributed by atoms with van der Waals surface area (Å²) in [5.41, 5.74) is 7.26. The van der Waals surface area contributed by atoms with Gasteiger partial charge in [-0.15, -0.1) is 0 Å². The van der Waals surface area contributed by atoms with Crippen molar-refractivity contribution >= 4 is 34.0 Å². The van der Waals surface area contributed by atoms with Gasteiger partial charge in [-0.25, -0.2) is 4.39 Å². The van der Waals surface area contributed by atoms with Gasteiger partial charge in [0, 0.05) is 19.7 Å². The van der Waals surface area contributed by atoms with E-state index in [9.17, 15) is 4.39 Å². The Kier molecular flexibility index (Phi) is 3.53. The summed E-state index contributed by atoms with van der Waals surface area (Å²) >= 11 is 1.94. The van der Waals surface area contributed by atoms with E-state index in [0.29, 0.717) is 21.9 Å². The molecule has 16 heavy (non-hydrogen) atoms. The number of likely N-dealkylation sites (N-methyl/N-ethyl adjacent to an activating group) is 1. The van der Waals surface area contributed by atoms with Crippen LogP contribution in [0.15, 0.2) is 12.1 Å². The van der Waals surface area contributed by atoms with Crippen molar-refractivity contribution in [2.24, 2.45) is 0 Å². The fraction of sp³-hybridized carbons (Fsp3) is 0.455. The Balaban J connectivity index is 2.28. The molecule has 1 aromatic carbocycles. The van der Waals surface area contributed by atoms with Crippen molar-refractivity contribution in [3.63, 3.8) is 0 Å². The average Bonchev–Trinajstić information content (AvgIpc) is 2.75. The number of halogens is 2. The molecule has 1 fully saturated rings. The number of anilines is 2. The van der Waals surface area contributed by atoms with E-state index in [1.165, 1.54) is 6.07 Å². The highest BCUT2D eigenvalue weighted by molar-refractivity contribution is 14.1. The zero-order valence-corrected chi connectivity index (χ0v) is 11.2. The van der Waals surface area contributed by atoms with Gasteiger partial charge in [-0.1, -0.05) is 0 Å². The number of hydrogen-bond donors (Lipinski definition) is 1. The van der Waals surface area contributed by atoms with Crippen LogP contribution in [0.5, 0.6) is 0 Å². The van der Waals surface area contributed by atoms with E-state index in [0.717, 1.165) is 18.7 Å². The normalized spacial score (nSPS) is 20.1. The summed E-state index contributed by atoms with van der Waals surface area (Å²) in [5.74, 6) is -0.226. The molecular weight excluding hydrogens is 322 g/mol. The van der Waals surface area contributed by atoms with Crippen LogP contribution in [0.4, 0.5) is 15.8 Å². The Morgan fingerprint density at radius 2 is 2.31 bits per heavy atom. The van der Waals surface area contributed by atoms with Crippen molar-refractivity contribution in [2.75, 3.05) is 30.9 Å². The molecule has 0 radical (unpaired) electrons. The van der Waals surface area contributed by atoms with Crippen LogP contribution >= 0.6 is 22.6 Å². The predicted octanol–water partition coefficient (Wildman–Crippen LogP) is 2.24. The zero-order chi connectivity index (χ0) is 11.7. The van der Waals surface area contributed by atoms with E-state index in [2.05, 4.69) is 0 Å². The second-order valence-corrected chi connectivity index (χ2v) is 5.12. The molecule has 0 saturated carbocycles. The molecule has 3 nitrogen and oxygen atoms in total. The Morgan fingerprint density at radius 3 is 2.94 bits per heavy atom. The van der Waals surface area contributed by atoms with E-state index in [4.69, 9.17) is 10.5 Å². The fourth-order valence-corrected chi connectivity index (χ4v) is 2.37. The lowest BCUT2D eigenvalue weighted by atomic mass is 10.2. The van der Waals surface area contributed by atoms with E-state index >= 15 is 0 Å². The number of nitrogens with zero attached hydrogens (tertiary/aromatic N) is 1. The Morgan fingerprint density at radius 1 is 1.56 bits per heavy atom. The summed E-state index contributed by atoms with van der Waals surface area (Å²) in [4.78, 5) is 2.00. The maximum Gasteiger partial charge on any atom is 0.138 e. The minimum atomic E-state index is -0.226. The van der Waals surface area contributed by atoms with Crippen LogP contribution in [0.3, 0.4) is 0 Å². The second-order valence-electron chi connectivity index (χ2n) is 3.95.